The average molecular weight is 493 g/mol. The van der Waals surface area contributed by atoms with Crippen molar-refractivity contribution in [1.82, 2.24) is 15.5 Å². The molecule has 14 nitrogen and oxygen atoms in total. The van der Waals surface area contributed by atoms with Crippen LogP contribution in [-0.4, -0.2) is 64.8 Å². The number of unbranched alkanes of at least 4 members (excludes halogenated alkanes) is 1. The lowest BCUT2D eigenvalue weighted by molar-refractivity contribution is -0.157. The summed E-state index contributed by atoms with van der Waals surface area (Å²) >= 11 is 0. The highest BCUT2D eigenvalue weighted by Gasteiger charge is 2.26. The predicted octanol–water partition coefficient (Wildman–Crippen LogP) is 1.75. The third-order valence-corrected chi connectivity index (χ3v) is 4.21. The van der Waals surface area contributed by atoms with E-state index >= 15 is 0 Å². The van der Waals surface area contributed by atoms with Gasteiger partial charge in [-0.25, -0.2) is 19.2 Å². The number of carboxylic acid groups (broad SMARTS) is 2. The van der Waals surface area contributed by atoms with Crippen molar-refractivity contribution < 1.29 is 38.9 Å². The Hall–Kier alpha value is -4.32. The Balaban J connectivity index is 2.83. The lowest BCUT2D eigenvalue weighted by Crippen LogP contribution is -2.45. The first-order chi connectivity index (χ1) is 16.3. The molecule has 1 atom stereocenters. The summed E-state index contributed by atoms with van der Waals surface area (Å²) in [6.07, 6.45) is 1.05. The molecule has 1 aromatic carbocycles. The van der Waals surface area contributed by atoms with Gasteiger partial charge in [-0.3, -0.25) is 4.79 Å². The second kappa shape index (κ2) is 13.4. The van der Waals surface area contributed by atoms with E-state index in [9.17, 15) is 24.0 Å². The standard InChI is InChI=1S/C21H28N6O8/c1-21(2,3)35-19(33)15(6-4-5-7-23-16(28)11-24-27-22)26-20(34)25-14-9-12(17(29)30)8-13(10-14)18(31)32/h8-10,15,22H,4-7,11H2,1-3H3,(H4-,23,25,26,28,29,30,31,32,34)/p+1. The van der Waals surface area contributed by atoms with Crippen LogP contribution in [-0.2, 0) is 14.3 Å². The summed E-state index contributed by atoms with van der Waals surface area (Å²) in [5.41, 5.74) is 4.93. The largest absolute Gasteiger partial charge is 0.478 e. The molecule has 0 radical (unpaired) electrons. The summed E-state index contributed by atoms with van der Waals surface area (Å²) in [4.78, 5) is 61.8. The Morgan fingerprint density at radius 1 is 1.06 bits per heavy atom. The number of hydrogen-bond acceptors (Lipinski definition) is 8. The molecule has 0 aromatic heterocycles. The van der Waals surface area contributed by atoms with Crippen LogP contribution >= 0.6 is 0 Å². The van der Waals surface area contributed by atoms with Gasteiger partial charge in [0.1, 0.15) is 22.3 Å². The van der Waals surface area contributed by atoms with Crippen LogP contribution in [0.5, 0.6) is 0 Å². The number of esters is 1. The number of anilines is 1. The highest BCUT2D eigenvalue weighted by Crippen LogP contribution is 2.16. The predicted molar refractivity (Wildman–Crippen MR) is 121 cm³/mol. The molecule has 1 unspecified atom stereocenters. The van der Waals surface area contributed by atoms with Gasteiger partial charge in [0.15, 0.2) is 0 Å². The molecule has 0 saturated heterocycles. The molecule has 0 aliphatic heterocycles. The van der Waals surface area contributed by atoms with Gasteiger partial charge in [0.25, 0.3) is 0 Å². The quantitative estimate of drug-likeness (QED) is 0.109. The monoisotopic (exact) mass is 493 g/mol. The molecule has 0 fully saturated rings. The number of aromatic carboxylic acids is 2. The average Bonchev–Trinajstić information content (AvgIpc) is 2.74. The van der Waals surface area contributed by atoms with E-state index in [1.807, 2.05) is 0 Å². The van der Waals surface area contributed by atoms with Crippen molar-refractivity contribution >= 4 is 35.5 Å². The Labute approximate surface area is 200 Å². The van der Waals surface area contributed by atoms with E-state index in [4.69, 9.17) is 20.5 Å². The Morgan fingerprint density at radius 3 is 2.17 bits per heavy atom. The van der Waals surface area contributed by atoms with Crippen LogP contribution in [0.4, 0.5) is 10.5 Å². The van der Waals surface area contributed by atoms with Gasteiger partial charge in [-0.1, -0.05) is 0 Å². The second-order valence-corrected chi connectivity index (χ2v) is 8.34. The van der Waals surface area contributed by atoms with Crippen molar-refractivity contribution in [3.63, 3.8) is 0 Å². The highest BCUT2D eigenvalue weighted by atomic mass is 16.6. The minimum absolute atomic E-state index is 0.0877. The van der Waals surface area contributed by atoms with Crippen LogP contribution in [0.25, 0.3) is 0 Å². The fourth-order valence-corrected chi connectivity index (χ4v) is 2.75. The number of rotatable bonds is 12. The number of carbonyl (C=O) groups is 5. The van der Waals surface area contributed by atoms with Gasteiger partial charge in [-0.05, 0) is 58.2 Å². The number of ether oxygens (including phenoxy) is 1. The van der Waals surface area contributed by atoms with Crippen LogP contribution in [0.2, 0.25) is 0 Å². The Bertz CT molecular complexity index is 981. The number of hydrogen-bond donors (Lipinski definition) is 6. The van der Waals surface area contributed by atoms with E-state index in [-0.39, 0.29) is 36.3 Å². The fourth-order valence-electron chi connectivity index (χ4n) is 2.75. The second-order valence-electron chi connectivity index (χ2n) is 8.34. The molecule has 0 heterocycles. The molecule has 0 bridgehead atoms. The number of carbonyl (C=O) groups excluding carboxylic acids is 3. The maximum absolute atomic E-state index is 12.6. The van der Waals surface area contributed by atoms with E-state index in [0.29, 0.717) is 12.8 Å². The summed E-state index contributed by atoms with van der Waals surface area (Å²) in [6.45, 7) is 5.00. The number of benzene rings is 1. The van der Waals surface area contributed by atoms with Gasteiger partial charge in [0.2, 0.25) is 17.4 Å². The van der Waals surface area contributed by atoms with Crippen molar-refractivity contribution in [3.05, 3.63) is 29.3 Å². The van der Waals surface area contributed by atoms with Gasteiger partial charge in [-0.2, -0.15) is 0 Å². The van der Waals surface area contributed by atoms with Crippen molar-refractivity contribution in [2.24, 2.45) is 5.11 Å². The van der Waals surface area contributed by atoms with E-state index in [0.717, 1.165) is 18.2 Å². The van der Waals surface area contributed by atoms with E-state index in [1.165, 1.54) is 0 Å². The molecule has 1 rings (SSSR count). The first-order valence-electron chi connectivity index (χ1n) is 10.5. The molecule has 0 aliphatic rings. The Kier molecular flexibility index (Phi) is 11.0. The van der Waals surface area contributed by atoms with Crippen molar-refractivity contribution in [3.8, 4) is 0 Å². The normalized spacial score (nSPS) is 11.4. The van der Waals surface area contributed by atoms with Crippen LogP contribution in [0.15, 0.2) is 23.3 Å². The maximum Gasteiger partial charge on any atom is 0.335 e. The third-order valence-electron chi connectivity index (χ3n) is 4.21. The lowest BCUT2D eigenvalue weighted by Gasteiger charge is -2.24. The van der Waals surface area contributed by atoms with Gasteiger partial charge < -0.3 is 30.9 Å². The van der Waals surface area contributed by atoms with Crippen LogP contribution < -0.4 is 20.9 Å². The van der Waals surface area contributed by atoms with Crippen molar-refractivity contribution in [2.45, 2.75) is 51.7 Å². The molecule has 6 N–H and O–H groups in total. The van der Waals surface area contributed by atoms with E-state index < -0.39 is 41.5 Å². The number of carboxylic acids is 2. The van der Waals surface area contributed by atoms with Crippen LogP contribution in [0.1, 0.15) is 60.7 Å². The SMILES string of the molecule is CC(C)(C)OC(=O)C(CCCCNC(=O)CN=[N+]=N)NC(=O)Nc1cc(C(=O)O)cc(C(=O)O)c1. The summed E-state index contributed by atoms with van der Waals surface area (Å²) < 4.78 is 5.34. The van der Waals surface area contributed by atoms with Gasteiger partial charge in [-0.15, -0.1) is 0 Å². The topological polar surface area (TPSA) is 221 Å². The number of urea groups is 1. The van der Waals surface area contributed by atoms with Crippen LogP contribution in [0, 0.1) is 5.53 Å². The van der Waals surface area contributed by atoms with Crippen molar-refractivity contribution in [1.29, 1.82) is 5.53 Å². The molecule has 14 heteroatoms. The minimum Gasteiger partial charge on any atom is -0.478 e. The number of nitrogens with zero attached hydrogens (tertiary/aromatic N) is 2. The molecule has 1 aromatic rings. The van der Waals surface area contributed by atoms with Gasteiger partial charge in [0.05, 0.1) is 11.1 Å². The minimum atomic E-state index is -1.38. The van der Waals surface area contributed by atoms with E-state index in [2.05, 4.69) is 26.0 Å². The number of amides is 3. The molecule has 3 amide bonds. The summed E-state index contributed by atoms with van der Waals surface area (Å²) in [7, 11) is 0. The zero-order valence-electron chi connectivity index (χ0n) is 19.6. The molecule has 0 spiro atoms. The molecule has 0 aliphatic carbocycles. The first-order valence-corrected chi connectivity index (χ1v) is 10.5. The van der Waals surface area contributed by atoms with Gasteiger partial charge >= 0.3 is 23.9 Å². The summed E-state index contributed by atoms with van der Waals surface area (Å²) in [5, 5.41) is 29.0. The Morgan fingerprint density at radius 2 is 1.66 bits per heavy atom. The zero-order valence-corrected chi connectivity index (χ0v) is 19.6. The van der Waals surface area contributed by atoms with E-state index in [1.54, 1.807) is 20.8 Å². The number of nitrogens with one attached hydrogen (secondary N) is 4. The lowest BCUT2D eigenvalue weighted by atomic mass is 10.1. The molecule has 0 saturated carbocycles. The van der Waals surface area contributed by atoms with Crippen molar-refractivity contribution in [2.75, 3.05) is 18.4 Å². The summed E-state index contributed by atoms with van der Waals surface area (Å²) in [5.74, 6) is -3.86. The molecular formula is C21H29N6O8+. The molecule has 190 valence electrons. The first kappa shape index (κ1) is 28.7. The van der Waals surface area contributed by atoms with Crippen LogP contribution in [0.3, 0.4) is 0 Å². The molecule has 35 heavy (non-hydrogen) atoms. The zero-order chi connectivity index (χ0) is 26.6. The van der Waals surface area contributed by atoms with Gasteiger partial charge in [0, 0.05) is 12.2 Å². The highest BCUT2D eigenvalue weighted by molar-refractivity contribution is 5.98. The molecular weight excluding hydrogens is 464 g/mol. The maximum atomic E-state index is 12.6. The third kappa shape index (κ3) is 11.4. The summed E-state index contributed by atoms with van der Waals surface area (Å²) in [6, 6.07) is 1.18. The smallest absolute Gasteiger partial charge is 0.335 e. The fraction of sp³-hybridized carbons (Fsp3) is 0.476.